The summed E-state index contributed by atoms with van der Waals surface area (Å²) < 4.78 is 102. The molecule has 0 heterocycles. The third-order valence-corrected chi connectivity index (χ3v) is 7.97. The molecular weight excluding hydrogens is 628 g/mol. The van der Waals surface area contributed by atoms with Crippen molar-refractivity contribution in [2.75, 3.05) is 24.8 Å². The number of rotatable bonds is 10. The van der Waals surface area contributed by atoms with E-state index < -0.39 is 69.8 Å². The molecule has 0 aliphatic carbocycles. The maximum absolute atomic E-state index is 12.7. The van der Waals surface area contributed by atoms with Crippen LogP contribution in [0.4, 0.5) is 17.1 Å². The third-order valence-electron chi connectivity index (χ3n) is 4.97. The van der Waals surface area contributed by atoms with Gasteiger partial charge in [0.2, 0.25) is 16.3 Å². The Labute approximate surface area is 279 Å². The summed E-state index contributed by atoms with van der Waals surface area (Å²) in [4.78, 5) is 9.96. The second-order valence-corrected chi connectivity index (χ2v) is 12.2. The van der Waals surface area contributed by atoms with Gasteiger partial charge >= 0.3 is 59.1 Å². The number of amides is 1. The normalized spacial score (nSPS) is 12.0. The third kappa shape index (κ3) is 9.94. The van der Waals surface area contributed by atoms with Gasteiger partial charge in [0, 0.05) is 18.0 Å². The summed E-state index contributed by atoms with van der Waals surface area (Å²) in [6.45, 7) is 0.276. The zero-order valence-corrected chi connectivity index (χ0v) is 28.5. The number of methoxy groups -OCH3 is 1. The average molecular weight is 648 g/mol. The van der Waals surface area contributed by atoms with Gasteiger partial charge in [0.1, 0.15) is 26.5 Å². The molecule has 0 saturated heterocycles. The van der Waals surface area contributed by atoms with Crippen molar-refractivity contribution >= 4 is 64.1 Å². The van der Waals surface area contributed by atoms with Crippen molar-refractivity contribution in [1.82, 2.24) is 0 Å². The Hall–Kier alpha value is -1.68. The Balaban J connectivity index is 0.00000420. The van der Waals surface area contributed by atoms with Gasteiger partial charge in [-0.1, -0.05) is 6.07 Å². The Morgan fingerprint density at radius 3 is 2.17 bits per heavy atom. The maximum atomic E-state index is 12.7. The largest absolute Gasteiger partial charge is 1.00 e. The number of hydrogen-bond acceptors (Lipinski definition) is 14. The quantitative estimate of drug-likeness (QED) is 0.0929. The number of sulfone groups is 1. The first-order chi connectivity index (χ1) is 18.0. The minimum Gasteiger partial charge on any atom is -0.744 e. The molecule has 210 valence electrons. The van der Waals surface area contributed by atoms with Gasteiger partial charge in [-0.3, -0.25) is 8.98 Å². The fourth-order valence-corrected chi connectivity index (χ4v) is 5.66. The summed E-state index contributed by atoms with van der Waals surface area (Å²) in [6.07, 6.45) is 0. The van der Waals surface area contributed by atoms with Crippen molar-refractivity contribution in [2.45, 2.75) is 16.7 Å². The van der Waals surface area contributed by atoms with Crippen LogP contribution in [0.2, 0.25) is 0 Å². The van der Waals surface area contributed by atoms with E-state index in [4.69, 9.17) is 4.74 Å². The predicted molar refractivity (Wildman–Crippen MR) is 133 cm³/mol. The molecule has 15 nitrogen and oxygen atoms in total. The molecule has 0 unspecified atom stereocenters. The number of nitrogens with one attached hydrogen (secondary N) is 1. The zero-order chi connectivity index (χ0) is 29.2. The average Bonchev–Trinajstić information content (AvgIpc) is 2.81. The molecule has 20 heteroatoms. The molecule has 0 bridgehead atoms. The van der Waals surface area contributed by atoms with E-state index in [0.29, 0.717) is 0 Å². The van der Waals surface area contributed by atoms with Gasteiger partial charge in [0.05, 0.1) is 30.1 Å². The van der Waals surface area contributed by atoms with E-state index in [2.05, 4.69) is 19.7 Å². The molecule has 41 heavy (non-hydrogen) atoms. The van der Waals surface area contributed by atoms with Gasteiger partial charge in [-0.2, -0.15) is 5.11 Å². The van der Waals surface area contributed by atoms with E-state index in [1.54, 1.807) is 0 Å². The molecular formula is C21H19N3Na2O12S3. The number of benzene rings is 3. The smallest absolute Gasteiger partial charge is 0.744 e. The molecule has 3 rings (SSSR count). The molecule has 3 aromatic carbocycles. The number of nitrogens with zero attached hydrogens (tertiary/aromatic N) is 2. The first-order valence-corrected chi connectivity index (χ1v) is 14.9. The summed E-state index contributed by atoms with van der Waals surface area (Å²) in [6, 6.07) is 8.38. The number of ether oxygens (including phenoxy) is 1. The minimum atomic E-state index is -5.18. The zero-order valence-electron chi connectivity index (χ0n) is 22.0. The molecule has 0 spiro atoms. The van der Waals surface area contributed by atoms with Crippen molar-refractivity contribution in [3.63, 3.8) is 0 Å². The van der Waals surface area contributed by atoms with E-state index in [9.17, 15) is 44.3 Å². The number of aromatic hydroxyl groups is 1. The first-order valence-electron chi connectivity index (χ1n) is 10.5. The number of carbonyl (C=O) groups excluding carboxylic acids is 1. The van der Waals surface area contributed by atoms with Gasteiger partial charge < -0.3 is 24.3 Å². The van der Waals surface area contributed by atoms with Crippen LogP contribution in [0.15, 0.2) is 62.5 Å². The van der Waals surface area contributed by atoms with Gasteiger partial charge in [-0.05, 0) is 41.8 Å². The summed E-state index contributed by atoms with van der Waals surface area (Å²) in [7, 11) is -13.5. The van der Waals surface area contributed by atoms with Crippen LogP contribution in [0, 0.1) is 0 Å². The number of fused-ring (bicyclic) bond motifs is 1. The molecule has 1 amide bonds. The summed E-state index contributed by atoms with van der Waals surface area (Å²) in [5.74, 6) is -2.28. The fraction of sp³-hybridized carbons (Fsp3) is 0.190. The van der Waals surface area contributed by atoms with Crippen LogP contribution >= 0.6 is 0 Å². The second-order valence-electron chi connectivity index (χ2n) is 7.73. The Morgan fingerprint density at radius 2 is 1.61 bits per heavy atom. The molecule has 0 aromatic heterocycles. The Kier molecular flexibility index (Phi) is 13.4. The van der Waals surface area contributed by atoms with Crippen molar-refractivity contribution in [1.29, 1.82) is 0 Å². The van der Waals surface area contributed by atoms with E-state index in [1.807, 2.05) is 0 Å². The molecule has 0 fully saturated rings. The molecule has 3 aromatic rings. The van der Waals surface area contributed by atoms with Crippen LogP contribution in [-0.2, 0) is 39.3 Å². The van der Waals surface area contributed by atoms with Gasteiger partial charge in [-0.15, -0.1) is 5.11 Å². The van der Waals surface area contributed by atoms with Crippen LogP contribution in [0.3, 0.4) is 0 Å². The molecule has 0 aliphatic heterocycles. The van der Waals surface area contributed by atoms with Gasteiger partial charge in [0.15, 0.2) is 15.6 Å². The SMILES string of the molecule is COc1ccc(N=Nc2c(S(=O)(=O)[O-])cc3ccc(NC(C)=O)cc3c2O)cc1S(=O)(=O)CCOS(=O)(=O)[O-].[Na+].[Na+]. The van der Waals surface area contributed by atoms with Crippen molar-refractivity contribution < 1.29 is 112 Å². The van der Waals surface area contributed by atoms with E-state index in [1.165, 1.54) is 31.2 Å². The van der Waals surface area contributed by atoms with Crippen molar-refractivity contribution in [3.8, 4) is 11.5 Å². The summed E-state index contributed by atoms with van der Waals surface area (Å²) in [5.41, 5.74) is -0.691. The van der Waals surface area contributed by atoms with Gasteiger partial charge in [-0.25, -0.2) is 25.3 Å². The summed E-state index contributed by atoms with van der Waals surface area (Å²) in [5, 5.41) is 20.9. The van der Waals surface area contributed by atoms with Crippen LogP contribution < -0.4 is 69.2 Å². The Morgan fingerprint density at radius 1 is 0.951 bits per heavy atom. The number of carbonyl (C=O) groups is 1. The first kappa shape index (κ1) is 37.3. The topological polar surface area (TPSA) is 241 Å². The molecule has 0 saturated carbocycles. The van der Waals surface area contributed by atoms with Crippen LogP contribution in [0.1, 0.15) is 6.92 Å². The Bertz CT molecular complexity index is 1810. The van der Waals surface area contributed by atoms with Crippen LogP contribution in [0.5, 0.6) is 11.5 Å². The maximum Gasteiger partial charge on any atom is 1.00 e. The number of phenolic OH excluding ortho intramolecular Hbond substituents is 1. The molecule has 0 atom stereocenters. The van der Waals surface area contributed by atoms with Crippen LogP contribution in [-0.4, -0.2) is 64.8 Å². The second kappa shape index (κ2) is 14.7. The van der Waals surface area contributed by atoms with E-state index >= 15 is 0 Å². The number of anilines is 1. The van der Waals surface area contributed by atoms with Crippen LogP contribution in [0.25, 0.3) is 10.8 Å². The van der Waals surface area contributed by atoms with E-state index in [0.717, 1.165) is 25.3 Å². The summed E-state index contributed by atoms with van der Waals surface area (Å²) >= 11 is 0. The minimum absolute atomic E-state index is 0. The number of hydrogen-bond donors (Lipinski definition) is 2. The van der Waals surface area contributed by atoms with Crippen molar-refractivity contribution in [3.05, 3.63) is 42.5 Å². The monoisotopic (exact) mass is 647 g/mol. The van der Waals surface area contributed by atoms with E-state index in [-0.39, 0.29) is 87.0 Å². The number of phenols is 1. The standard InChI is InChI=1S/C21H21N3O12S3.2Na/c1-12(25)22-14-4-3-13-9-19(38(29,30)31)20(21(26)16(13)10-14)24-23-15-5-6-17(35-2)18(11-15)37(27,28)8-7-36-39(32,33)34;;/h3-6,9-11,26H,7-8H2,1-2H3,(H,22,25)(H,29,30,31)(H,32,33,34);;/q;2*+1/p-2. The molecule has 2 N–H and O–H groups in total. The molecule has 0 aliphatic rings. The van der Waals surface area contributed by atoms with Crippen molar-refractivity contribution in [2.24, 2.45) is 10.2 Å². The fourth-order valence-electron chi connectivity index (χ4n) is 3.34. The predicted octanol–water partition coefficient (Wildman–Crippen LogP) is -3.91. The number of azo groups is 1. The molecule has 0 radical (unpaired) electrons. The van der Waals surface area contributed by atoms with Gasteiger partial charge in [0.25, 0.3) is 0 Å².